The van der Waals surface area contributed by atoms with Crippen LogP contribution in [0.3, 0.4) is 0 Å². The largest absolute Gasteiger partial charge is 0.465 e. The van der Waals surface area contributed by atoms with Gasteiger partial charge in [0.05, 0.1) is 29.8 Å². The topological polar surface area (TPSA) is 92.8 Å². The van der Waals surface area contributed by atoms with E-state index in [9.17, 15) is 18.0 Å². The molecule has 0 radical (unpaired) electrons. The Hall–Kier alpha value is -2.23. The first-order chi connectivity index (χ1) is 12.3. The molecule has 0 aliphatic rings. The van der Waals surface area contributed by atoms with Crippen LogP contribution in [0.2, 0.25) is 0 Å². The molecule has 0 aliphatic carbocycles. The van der Waals surface area contributed by atoms with E-state index in [0.717, 1.165) is 8.78 Å². The molecule has 0 heterocycles. The average Bonchev–Trinajstić information content (AvgIpc) is 2.61. The van der Waals surface area contributed by atoms with Gasteiger partial charge in [-0.15, -0.1) is 0 Å². The van der Waals surface area contributed by atoms with Gasteiger partial charge in [-0.05, 0) is 36.4 Å². The quantitative estimate of drug-likeness (QED) is 0.696. The number of sulfonamides is 1. The molecule has 2 aromatic carbocycles. The maximum atomic E-state index is 12.5. The van der Waals surface area contributed by atoms with E-state index in [4.69, 9.17) is 0 Å². The third kappa shape index (κ3) is 4.69. The first kappa shape index (κ1) is 20.1. The Morgan fingerprint density at radius 2 is 1.73 bits per heavy atom. The molecule has 0 atom stereocenters. The van der Waals surface area contributed by atoms with E-state index < -0.39 is 28.4 Å². The molecule has 2 rings (SSSR count). The van der Waals surface area contributed by atoms with E-state index in [1.54, 1.807) is 24.3 Å². The Balaban J connectivity index is 2.13. The number of hydrogen-bond donors (Lipinski definition) is 1. The van der Waals surface area contributed by atoms with Crippen LogP contribution in [0.5, 0.6) is 0 Å². The number of esters is 1. The van der Waals surface area contributed by atoms with E-state index in [-0.39, 0.29) is 16.1 Å². The fourth-order valence-corrected chi connectivity index (χ4v) is 3.53. The van der Waals surface area contributed by atoms with Gasteiger partial charge in [0.15, 0.2) is 0 Å². The van der Waals surface area contributed by atoms with Crippen LogP contribution >= 0.6 is 15.9 Å². The van der Waals surface area contributed by atoms with Gasteiger partial charge in [0.1, 0.15) is 0 Å². The monoisotopic (exact) mass is 440 g/mol. The molecule has 0 unspecified atom stereocenters. The van der Waals surface area contributed by atoms with Gasteiger partial charge >= 0.3 is 5.97 Å². The van der Waals surface area contributed by atoms with E-state index >= 15 is 0 Å². The fourth-order valence-electron chi connectivity index (χ4n) is 2.14. The molecule has 0 aromatic heterocycles. The van der Waals surface area contributed by atoms with Crippen LogP contribution in [0.15, 0.2) is 57.9 Å². The number of anilines is 1. The summed E-state index contributed by atoms with van der Waals surface area (Å²) in [5, 5.41) is 2.54. The highest BCUT2D eigenvalue weighted by molar-refractivity contribution is 9.10. The Kier molecular flexibility index (Phi) is 6.52. The molecule has 0 saturated carbocycles. The number of nitrogens with one attached hydrogen (secondary N) is 1. The third-order valence-electron chi connectivity index (χ3n) is 3.49. The maximum absolute atomic E-state index is 12.5. The van der Waals surface area contributed by atoms with Crippen molar-refractivity contribution >= 4 is 43.5 Å². The molecule has 0 spiro atoms. The number of halogens is 1. The molecule has 138 valence electrons. The van der Waals surface area contributed by atoms with Crippen molar-refractivity contribution in [2.45, 2.75) is 4.90 Å². The molecule has 0 aliphatic heterocycles. The lowest BCUT2D eigenvalue weighted by atomic mass is 10.2. The first-order valence-corrected chi connectivity index (χ1v) is 9.68. The Morgan fingerprint density at radius 1 is 1.12 bits per heavy atom. The van der Waals surface area contributed by atoms with Crippen LogP contribution in [0.1, 0.15) is 10.4 Å². The molecule has 1 amide bonds. The number of benzene rings is 2. The highest BCUT2D eigenvalue weighted by Gasteiger charge is 2.23. The normalized spacial score (nSPS) is 11.2. The summed E-state index contributed by atoms with van der Waals surface area (Å²) in [7, 11) is -1.27. The minimum absolute atomic E-state index is 0.0750. The Labute approximate surface area is 160 Å². The number of methoxy groups -OCH3 is 1. The van der Waals surface area contributed by atoms with E-state index in [1.165, 1.54) is 38.4 Å². The summed E-state index contributed by atoms with van der Waals surface area (Å²) in [5.41, 5.74) is 0.431. The summed E-state index contributed by atoms with van der Waals surface area (Å²) in [5.74, 6) is -1.18. The number of carbonyl (C=O) groups is 2. The molecule has 1 N–H and O–H groups in total. The van der Waals surface area contributed by atoms with Gasteiger partial charge in [0, 0.05) is 11.5 Å². The van der Waals surface area contributed by atoms with Crippen molar-refractivity contribution < 1.29 is 22.7 Å². The molecule has 0 fully saturated rings. The number of rotatable bonds is 6. The van der Waals surface area contributed by atoms with Crippen LogP contribution in [-0.4, -0.2) is 45.3 Å². The second-order valence-corrected chi connectivity index (χ2v) is 8.26. The summed E-state index contributed by atoms with van der Waals surface area (Å²) in [6, 6.07) is 12.4. The minimum atomic E-state index is -3.81. The molecule has 0 bridgehead atoms. The molecular formula is C17H17BrN2O5S. The van der Waals surface area contributed by atoms with Gasteiger partial charge in [-0.3, -0.25) is 4.79 Å². The molecule has 9 heteroatoms. The zero-order valence-corrected chi connectivity index (χ0v) is 16.5. The fraction of sp³-hybridized carbons (Fsp3) is 0.176. The average molecular weight is 441 g/mol. The van der Waals surface area contributed by atoms with Crippen molar-refractivity contribution in [2.75, 3.05) is 26.0 Å². The van der Waals surface area contributed by atoms with Gasteiger partial charge in [0.25, 0.3) is 0 Å². The Bertz CT molecular complexity index is 913. The van der Waals surface area contributed by atoms with Gasteiger partial charge in [-0.1, -0.05) is 28.1 Å². The lowest BCUT2D eigenvalue weighted by Gasteiger charge is -2.17. The summed E-state index contributed by atoms with van der Waals surface area (Å²) in [4.78, 5) is 24.0. The van der Waals surface area contributed by atoms with Crippen molar-refractivity contribution in [2.24, 2.45) is 0 Å². The summed E-state index contributed by atoms with van der Waals surface area (Å²) in [6.45, 7) is -0.409. The van der Waals surface area contributed by atoms with E-state index in [0.29, 0.717) is 0 Å². The second kappa shape index (κ2) is 8.43. The van der Waals surface area contributed by atoms with Crippen molar-refractivity contribution in [1.82, 2.24) is 4.31 Å². The standard InChI is InChI=1S/C17H17BrN2O5S/c1-20(26(23,24)13-9-7-12(18)8-10-13)11-16(21)19-15-6-4-3-5-14(15)17(22)25-2/h3-10H,11H2,1-2H3,(H,19,21). The summed E-state index contributed by atoms with van der Waals surface area (Å²) in [6.07, 6.45) is 0. The highest BCUT2D eigenvalue weighted by Crippen LogP contribution is 2.19. The maximum Gasteiger partial charge on any atom is 0.339 e. The SMILES string of the molecule is COC(=O)c1ccccc1NC(=O)CN(C)S(=O)(=O)c1ccc(Br)cc1. The predicted molar refractivity (Wildman–Crippen MR) is 100 cm³/mol. The highest BCUT2D eigenvalue weighted by atomic mass is 79.9. The zero-order valence-electron chi connectivity index (χ0n) is 14.1. The summed E-state index contributed by atoms with van der Waals surface area (Å²) >= 11 is 3.24. The molecular weight excluding hydrogens is 424 g/mol. The predicted octanol–water partition coefficient (Wildman–Crippen LogP) is 2.49. The lowest BCUT2D eigenvalue weighted by molar-refractivity contribution is -0.116. The Morgan fingerprint density at radius 3 is 2.35 bits per heavy atom. The second-order valence-electron chi connectivity index (χ2n) is 5.30. The van der Waals surface area contributed by atoms with Gasteiger partial charge in [-0.25, -0.2) is 13.2 Å². The van der Waals surface area contributed by atoms with Crippen molar-refractivity contribution in [1.29, 1.82) is 0 Å². The molecule has 26 heavy (non-hydrogen) atoms. The third-order valence-corrected chi connectivity index (χ3v) is 5.84. The van der Waals surface area contributed by atoms with Crippen LogP contribution in [-0.2, 0) is 19.6 Å². The van der Waals surface area contributed by atoms with Crippen molar-refractivity contribution in [3.8, 4) is 0 Å². The zero-order chi connectivity index (χ0) is 19.3. The van der Waals surface area contributed by atoms with E-state index in [1.807, 2.05) is 0 Å². The van der Waals surface area contributed by atoms with Crippen LogP contribution in [0.25, 0.3) is 0 Å². The number of carbonyl (C=O) groups excluding carboxylic acids is 2. The lowest BCUT2D eigenvalue weighted by Crippen LogP contribution is -2.35. The van der Waals surface area contributed by atoms with Crippen LogP contribution in [0, 0.1) is 0 Å². The number of likely N-dealkylation sites (N-methyl/N-ethyl adjacent to an activating group) is 1. The van der Waals surface area contributed by atoms with Gasteiger partial charge in [-0.2, -0.15) is 4.31 Å². The summed E-state index contributed by atoms with van der Waals surface area (Å²) < 4.78 is 31.4. The smallest absolute Gasteiger partial charge is 0.339 e. The molecule has 7 nitrogen and oxygen atoms in total. The number of nitrogens with zero attached hydrogens (tertiary/aromatic N) is 1. The van der Waals surface area contributed by atoms with Crippen molar-refractivity contribution in [3.05, 3.63) is 58.6 Å². The van der Waals surface area contributed by atoms with Crippen molar-refractivity contribution in [3.63, 3.8) is 0 Å². The van der Waals surface area contributed by atoms with E-state index in [2.05, 4.69) is 26.0 Å². The number of para-hydroxylation sites is 1. The number of hydrogen-bond acceptors (Lipinski definition) is 5. The van der Waals surface area contributed by atoms with Crippen LogP contribution < -0.4 is 5.32 Å². The number of ether oxygens (including phenoxy) is 1. The number of amides is 1. The van der Waals surface area contributed by atoms with Gasteiger partial charge < -0.3 is 10.1 Å². The van der Waals surface area contributed by atoms with Gasteiger partial charge in [0.2, 0.25) is 15.9 Å². The first-order valence-electron chi connectivity index (χ1n) is 7.45. The molecule has 0 saturated heterocycles. The van der Waals surface area contributed by atoms with Crippen LogP contribution in [0.4, 0.5) is 5.69 Å². The minimum Gasteiger partial charge on any atom is -0.465 e. The molecule has 2 aromatic rings.